The molecule has 3 aromatic rings. The molecule has 2 aromatic carbocycles. The molecule has 0 atom stereocenters. The maximum atomic E-state index is 12.5. The molecule has 1 heterocycles. The van der Waals surface area contributed by atoms with Gasteiger partial charge in [0.2, 0.25) is 11.9 Å². The van der Waals surface area contributed by atoms with Gasteiger partial charge in [-0.2, -0.15) is 0 Å². The lowest BCUT2D eigenvalue weighted by molar-refractivity contribution is -0.113. The maximum Gasteiger partial charge on any atom is 0.237 e. The highest BCUT2D eigenvalue weighted by molar-refractivity contribution is 8.00. The average Bonchev–Trinajstić information content (AvgIpc) is 2.98. The smallest absolute Gasteiger partial charge is 0.237 e. The molecule has 5 nitrogen and oxygen atoms in total. The summed E-state index contributed by atoms with van der Waals surface area (Å²) in [5, 5.41) is 2.97. The molecule has 0 spiro atoms. The fraction of sp³-hybridized carbons (Fsp3) is 0.300. The van der Waals surface area contributed by atoms with Crippen molar-refractivity contribution in [2.24, 2.45) is 0 Å². The molecule has 3 rings (SSSR count). The van der Waals surface area contributed by atoms with Gasteiger partial charge in [-0.25, -0.2) is 4.98 Å². The predicted octanol–water partition coefficient (Wildman–Crippen LogP) is 4.53. The topological polar surface area (TPSA) is 56.1 Å². The Labute approximate surface area is 157 Å². The highest BCUT2D eigenvalue weighted by atomic mass is 32.2. The van der Waals surface area contributed by atoms with Crippen molar-refractivity contribution in [2.45, 2.75) is 31.2 Å². The van der Waals surface area contributed by atoms with Crippen LogP contribution in [0.2, 0.25) is 0 Å². The van der Waals surface area contributed by atoms with E-state index in [0.717, 1.165) is 21.7 Å². The Morgan fingerprint density at radius 2 is 1.85 bits per heavy atom. The van der Waals surface area contributed by atoms with Crippen molar-refractivity contribution in [1.82, 2.24) is 9.55 Å². The van der Waals surface area contributed by atoms with E-state index in [-0.39, 0.29) is 11.4 Å². The molecule has 0 aliphatic carbocycles. The number of aromatic nitrogens is 2. The number of para-hydroxylation sites is 2. The van der Waals surface area contributed by atoms with Gasteiger partial charge in [-0.15, -0.1) is 11.8 Å². The third-order valence-electron chi connectivity index (χ3n) is 3.91. The zero-order valence-electron chi connectivity index (χ0n) is 15.4. The van der Waals surface area contributed by atoms with Crippen LogP contribution in [-0.4, -0.2) is 28.3 Å². The number of carbonyl (C=O) groups excluding carboxylic acids is 1. The minimum Gasteiger partial charge on any atom is -0.497 e. The molecule has 0 fully saturated rings. The number of imidazole rings is 1. The Morgan fingerprint density at radius 1 is 1.15 bits per heavy atom. The minimum atomic E-state index is -0.193. The molecule has 0 unspecified atom stereocenters. The molecule has 1 N–H and O–H groups in total. The van der Waals surface area contributed by atoms with E-state index in [0.29, 0.717) is 11.7 Å². The third kappa shape index (κ3) is 4.02. The molecule has 1 amide bonds. The summed E-state index contributed by atoms with van der Waals surface area (Å²) in [6.45, 7) is 6.30. The molecule has 0 radical (unpaired) electrons. The average molecular weight is 369 g/mol. The van der Waals surface area contributed by atoms with E-state index in [1.807, 2.05) is 48.5 Å². The summed E-state index contributed by atoms with van der Waals surface area (Å²) in [4.78, 5) is 18.1. The van der Waals surface area contributed by atoms with E-state index in [4.69, 9.17) is 4.74 Å². The normalized spacial score (nSPS) is 11.5. The monoisotopic (exact) mass is 369 g/mol. The van der Waals surface area contributed by atoms with Gasteiger partial charge < -0.3 is 9.30 Å². The molecule has 6 heteroatoms. The number of methoxy groups -OCH3 is 1. The van der Waals surface area contributed by atoms with E-state index >= 15 is 0 Å². The quantitative estimate of drug-likeness (QED) is 0.671. The maximum absolute atomic E-state index is 12.5. The first-order chi connectivity index (χ1) is 12.4. The molecule has 1 aromatic heterocycles. The molecule has 0 aliphatic rings. The van der Waals surface area contributed by atoms with Crippen molar-refractivity contribution in [3.8, 4) is 5.75 Å². The van der Waals surface area contributed by atoms with Crippen LogP contribution in [0.5, 0.6) is 5.75 Å². The lowest BCUT2D eigenvalue weighted by atomic mass is 10.1. The van der Waals surface area contributed by atoms with Crippen molar-refractivity contribution in [3.05, 3.63) is 48.5 Å². The number of carbonyl (C=O) groups is 1. The van der Waals surface area contributed by atoms with E-state index in [2.05, 4.69) is 35.6 Å². The van der Waals surface area contributed by atoms with Crippen molar-refractivity contribution < 1.29 is 9.53 Å². The van der Waals surface area contributed by atoms with Crippen molar-refractivity contribution in [3.63, 3.8) is 0 Å². The number of hydrogen-bond donors (Lipinski definition) is 1. The summed E-state index contributed by atoms with van der Waals surface area (Å²) in [5.41, 5.74) is 1.70. The number of hydrogen-bond acceptors (Lipinski definition) is 4. The van der Waals surface area contributed by atoms with Crippen LogP contribution in [-0.2, 0) is 10.3 Å². The summed E-state index contributed by atoms with van der Waals surface area (Å²) >= 11 is 1.48. The number of thioether (sulfide) groups is 1. The second kappa shape index (κ2) is 7.41. The van der Waals surface area contributed by atoms with Gasteiger partial charge in [-0.3, -0.25) is 10.1 Å². The largest absolute Gasteiger partial charge is 0.497 e. The standard InChI is InChI=1S/C20H23N3O2S/c1-20(2,3)23-17-8-6-5-7-16(17)21-19(23)22-18(24)13-26-15-11-9-14(25-4)10-12-15/h5-12H,13H2,1-4H3,(H,21,22,24). The summed E-state index contributed by atoms with van der Waals surface area (Å²) in [5.74, 6) is 1.63. The van der Waals surface area contributed by atoms with Crippen LogP contribution in [0.4, 0.5) is 5.95 Å². The number of anilines is 1. The van der Waals surface area contributed by atoms with Gasteiger partial charge in [0, 0.05) is 10.4 Å². The number of amides is 1. The molecular weight excluding hydrogens is 346 g/mol. The molecule has 0 saturated heterocycles. The summed E-state index contributed by atoms with van der Waals surface area (Å²) in [6, 6.07) is 15.6. The van der Waals surface area contributed by atoms with Crippen LogP contribution in [0, 0.1) is 0 Å². The van der Waals surface area contributed by atoms with Gasteiger partial charge >= 0.3 is 0 Å². The zero-order valence-corrected chi connectivity index (χ0v) is 16.3. The molecule has 0 aliphatic heterocycles. The van der Waals surface area contributed by atoms with Gasteiger partial charge in [-0.1, -0.05) is 12.1 Å². The second-order valence-electron chi connectivity index (χ2n) is 6.94. The Bertz CT molecular complexity index is 911. The van der Waals surface area contributed by atoms with E-state index in [1.165, 1.54) is 11.8 Å². The van der Waals surface area contributed by atoms with Gasteiger partial charge in [0.15, 0.2) is 0 Å². The molecule has 136 valence electrons. The third-order valence-corrected chi connectivity index (χ3v) is 4.92. The van der Waals surface area contributed by atoms with Crippen LogP contribution in [0.15, 0.2) is 53.4 Å². The highest BCUT2D eigenvalue weighted by Gasteiger charge is 2.22. The van der Waals surface area contributed by atoms with Crippen molar-refractivity contribution in [2.75, 3.05) is 18.2 Å². The number of benzene rings is 2. The summed E-state index contributed by atoms with van der Waals surface area (Å²) < 4.78 is 7.22. The minimum absolute atomic E-state index is 0.0772. The molecule has 0 saturated carbocycles. The fourth-order valence-corrected chi connectivity index (χ4v) is 3.47. The number of ether oxygens (including phenoxy) is 1. The van der Waals surface area contributed by atoms with Gasteiger partial charge in [-0.05, 0) is 57.2 Å². The van der Waals surface area contributed by atoms with Crippen LogP contribution in [0.1, 0.15) is 20.8 Å². The Kier molecular flexibility index (Phi) is 5.23. The molecule has 26 heavy (non-hydrogen) atoms. The first kappa shape index (κ1) is 18.3. The van der Waals surface area contributed by atoms with E-state index in [9.17, 15) is 4.79 Å². The van der Waals surface area contributed by atoms with Gasteiger partial charge in [0.1, 0.15) is 5.75 Å². The van der Waals surface area contributed by atoms with Gasteiger partial charge in [0.25, 0.3) is 0 Å². The number of nitrogens with zero attached hydrogens (tertiary/aromatic N) is 2. The van der Waals surface area contributed by atoms with Crippen LogP contribution in [0.3, 0.4) is 0 Å². The van der Waals surface area contributed by atoms with Crippen LogP contribution in [0.25, 0.3) is 11.0 Å². The Balaban J connectivity index is 1.74. The number of nitrogens with one attached hydrogen (secondary N) is 1. The Hall–Kier alpha value is -2.47. The van der Waals surface area contributed by atoms with Gasteiger partial charge in [0.05, 0.1) is 23.9 Å². The predicted molar refractivity (Wildman–Crippen MR) is 107 cm³/mol. The number of rotatable bonds is 5. The molecular formula is C20H23N3O2S. The SMILES string of the molecule is COc1ccc(SCC(=O)Nc2nc3ccccc3n2C(C)(C)C)cc1. The zero-order chi connectivity index (χ0) is 18.7. The summed E-state index contributed by atoms with van der Waals surface area (Å²) in [7, 11) is 1.64. The lowest BCUT2D eigenvalue weighted by Gasteiger charge is -2.24. The highest BCUT2D eigenvalue weighted by Crippen LogP contribution is 2.28. The summed E-state index contributed by atoms with van der Waals surface area (Å²) in [6.07, 6.45) is 0. The van der Waals surface area contributed by atoms with E-state index in [1.54, 1.807) is 7.11 Å². The van der Waals surface area contributed by atoms with E-state index < -0.39 is 0 Å². The fourth-order valence-electron chi connectivity index (χ4n) is 2.77. The first-order valence-electron chi connectivity index (χ1n) is 8.43. The second-order valence-corrected chi connectivity index (χ2v) is 7.99. The van der Waals surface area contributed by atoms with Crippen molar-refractivity contribution >= 4 is 34.7 Å². The number of fused-ring (bicyclic) bond motifs is 1. The Morgan fingerprint density at radius 3 is 2.50 bits per heavy atom. The van der Waals surface area contributed by atoms with Crippen LogP contribution >= 0.6 is 11.8 Å². The lowest BCUT2D eigenvalue weighted by Crippen LogP contribution is -2.26. The first-order valence-corrected chi connectivity index (χ1v) is 9.42. The van der Waals surface area contributed by atoms with Crippen molar-refractivity contribution in [1.29, 1.82) is 0 Å². The molecule has 0 bridgehead atoms. The van der Waals surface area contributed by atoms with Crippen LogP contribution < -0.4 is 10.1 Å².